The molecule has 0 aliphatic carbocycles. The van der Waals surface area contributed by atoms with Crippen LogP contribution in [0, 0.1) is 6.92 Å². The van der Waals surface area contributed by atoms with Crippen LogP contribution >= 0.6 is 11.3 Å². The Morgan fingerprint density at radius 3 is 2.75 bits per heavy atom. The zero-order valence-corrected chi connectivity index (χ0v) is 18.1. The molecule has 32 heavy (non-hydrogen) atoms. The lowest BCUT2D eigenvalue weighted by Crippen LogP contribution is -1.89. The van der Waals surface area contributed by atoms with E-state index in [1.165, 1.54) is 4.88 Å². The number of rotatable bonds is 4. The summed E-state index contributed by atoms with van der Waals surface area (Å²) in [4.78, 5) is 24.0. The number of methoxy groups -OCH3 is 1. The van der Waals surface area contributed by atoms with Crippen LogP contribution in [-0.2, 0) is 0 Å². The van der Waals surface area contributed by atoms with Crippen molar-refractivity contribution in [2.45, 2.75) is 6.92 Å². The quantitative estimate of drug-likeness (QED) is 0.400. The predicted octanol–water partition coefficient (Wildman–Crippen LogP) is 5.00. The average Bonchev–Trinajstić information content (AvgIpc) is 3.55. The molecule has 0 spiro atoms. The largest absolute Gasteiger partial charge is 0.495 e. The van der Waals surface area contributed by atoms with Crippen LogP contribution in [-0.4, -0.2) is 42.2 Å². The van der Waals surface area contributed by atoms with E-state index in [1.807, 2.05) is 18.2 Å². The van der Waals surface area contributed by atoms with Crippen molar-refractivity contribution in [3.63, 3.8) is 0 Å². The van der Waals surface area contributed by atoms with Crippen LogP contribution in [0.5, 0.6) is 5.75 Å². The molecule has 0 aromatic carbocycles. The summed E-state index contributed by atoms with van der Waals surface area (Å²) in [5, 5.41) is 8.49. The maximum absolute atomic E-state index is 5.30. The molecule has 6 aromatic rings. The Morgan fingerprint density at radius 1 is 0.969 bits per heavy atom. The summed E-state index contributed by atoms with van der Waals surface area (Å²) in [5.41, 5.74) is 5.80. The molecule has 6 rings (SSSR count). The summed E-state index contributed by atoms with van der Waals surface area (Å²) in [6.07, 6.45) is 7.00. The Balaban J connectivity index is 1.49. The smallest absolute Gasteiger partial charge is 0.159 e. The number of fused-ring (bicyclic) bond motifs is 2. The third-order valence-electron chi connectivity index (χ3n) is 5.29. The Kier molecular flexibility index (Phi) is 4.22. The van der Waals surface area contributed by atoms with E-state index >= 15 is 0 Å². The highest BCUT2D eigenvalue weighted by Crippen LogP contribution is 2.34. The van der Waals surface area contributed by atoms with Gasteiger partial charge >= 0.3 is 0 Å². The molecule has 0 bridgehead atoms. The summed E-state index contributed by atoms with van der Waals surface area (Å²) < 4.78 is 5.30. The van der Waals surface area contributed by atoms with Gasteiger partial charge in [0.25, 0.3) is 0 Å². The van der Waals surface area contributed by atoms with Crippen molar-refractivity contribution in [2.24, 2.45) is 0 Å². The number of aromatic nitrogens is 7. The second-order valence-corrected chi connectivity index (χ2v) is 8.64. The van der Waals surface area contributed by atoms with Crippen molar-refractivity contribution in [2.75, 3.05) is 7.11 Å². The van der Waals surface area contributed by atoms with Gasteiger partial charge < -0.3 is 9.72 Å². The van der Waals surface area contributed by atoms with Gasteiger partial charge in [-0.15, -0.1) is 11.3 Å². The lowest BCUT2D eigenvalue weighted by Gasteiger charge is -2.03. The normalized spacial score (nSPS) is 11.4. The van der Waals surface area contributed by atoms with Crippen molar-refractivity contribution in [1.82, 2.24) is 35.1 Å². The molecule has 0 saturated heterocycles. The summed E-state index contributed by atoms with van der Waals surface area (Å²) in [6, 6.07) is 10.00. The summed E-state index contributed by atoms with van der Waals surface area (Å²) in [6.45, 7) is 2.09. The van der Waals surface area contributed by atoms with Gasteiger partial charge in [0.05, 0.1) is 41.1 Å². The summed E-state index contributed by atoms with van der Waals surface area (Å²) in [7, 11) is 1.62. The maximum atomic E-state index is 5.30. The van der Waals surface area contributed by atoms with Gasteiger partial charge in [-0.05, 0) is 37.3 Å². The Hall–Kier alpha value is -4.11. The molecular formula is C23H17N7OS. The van der Waals surface area contributed by atoms with Crippen molar-refractivity contribution >= 4 is 33.3 Å². The molecule has 156 valence electrons. The topological polar surface area (TPSA) is 105 Å². The number of hydrogen-bond acceptors (Lipinski definition) is 7. The van der Waals surface area contributed by atoms with Gasteiger partial charge in [0.2, 0.25) is 0 Å². The Labute approximate surface area is 186 Å². The fourth-order valence-corrected chi connectivity index (χ4v) is 4.58. The highest BCUT2D eigenvalue weighted by molar-refractivity contribution is 7.15. The highest BCUT2D eigenvalue weighted by atomic mass is 32.1. The molecule has 0 saturated carbocycles. The van der Waals surface area contributed by atoms with E-state index in [4.69, 9.17) is 9.72 Å². The van der Waals surface area contributed by atoms with Gasteiger partial charge in [0.1, 0.15) is 22.7 Å². The third kappa shape index (κ3) is 3.02. The van der Waals surface area contributed by atoms with Crippen LogP contribution in [0.2, 0.25) is 0 Å². The molecule has 6 aromatic heterocycles. The van der Waals surface area contributed by atoms with Crippen LogP contribution in [0.1, 0.15) is 4.88 Å². The van der Waals surface area contributed by atoms with Crippen molar-refractivity contribution in [3.05, 3.63) is 60.0 Å². The lowest BCUT2D eigenvalue weighted by atomic mass is 10.1. The summed E-state index contributed by atoms with van der Waals surface area (Å²) in [5.74, 6) is 1.35. The molecule has 0 aliphatic heterocycles. The van der Waals surface area contributed by atoms with E-state index in [9.17, 15) is 0 Å². The van der Waals surface area contributed by atoms with Crippen molar-refractivity contribution in [3.8, 4) is 39.1 Å². The molecule has 0 aliphatic rings. The average molecular weight is 440 g/mol. The fourth-order valence-electron chi connectivity index (χ4n) is 3.72. The Morgan fingerprint density at radius 2 is 1.91 bits per heavy atom. The van der Waals surface area contributed by atoms with E-state index in [-0.39, 0.29) is 0 Å². The zero-order valence-electron chi connectivity index (χ0n) is 17.2. The highest BCUT2D eigenvalue weighted by Gasteiger charge is 2.17. The first kappa shape index (κ1) is 18.6. The van der Waals surface area contributed by atoms with E-state index in [0.717, 1.165) is 49.5 Å². The van der Waals surface area contributed by atoms with Crippen LogP contribution in [0.15, 0.2) is 55.1 Å². The predicted molar refractivity (Wildman–Crippen MR) is 125 cm³/mol. The van der Waals surface area contributed by atoms with Crippen LogP contribution in [0.3, 0.4) is 0 Å². The van der Waals surface area contributed by atoms with Gasteiger partial charge in [-0.1, -0.05) is 0 Å². The number of thiophene rings is 1. The first-order chi connectivity index (χ1) is 15.7. The molecule has 0 unspecified atom stereocenters. The van der Waals surface area contributed by atoms with E-state index in [0.29, 0.717) is 11.6 Å². The molecule has 0 fully saturated rings. The molecule has 8 nitrogen and oxygen atoms in total. The van der Waals surface area contributed by atoms with E-state index in [1.54, 1.807) is 43.2 Å². The molecule has 6 heterocycles. The number of aromatic amines is 2. The number of aryl methyl sites for hydroxylation is 1. The SMILES string of the molecule is COc1cncc(-c2cc3c(-c4nc5c(-c6ccc(C)s6)nccc5[nH]4)n[nH]c3cn2)c1. The Bertz CT molecular complexity index is 1600. The van der Waals surface area contributed by atoms with Gasteiger partial charge in [-0.2, -0.15) is 5.10 Å². The fraction of sp³-hybridized carbons (Fsp3) is 0.0870. The van der Waals surface area contributed by atoms with Crippen LogP contribution < -0.4 is 4.74 Å². The van der Waals surface area contributed by atoms with Crippen molar-refractivity contribution < 1.29 is 4.74 Å². The molecule has 2 N–H and O–H groups in total. The third-order valence-corrected chi connectivity index (χ3v) is 6.30. The molecular weight excluding hydrogens is 422 g/mol. The van der Waals surface area contributed by atoms with E-state index < -0.39 is 0 Å². The minimum absolute atomic E-state index is 0.676. The number of pyridine rings is 3. The molecule has 0 atom stereocenters. The van der Waals surface area contributed by atoms with Gasteiger partial charge in [-0.3, -0.25) is 20.1 Å². The lowest BCUT2D eigenvalue weighted by molar-refractivity contribution is 0.413. The molecule has 0 radical (unpaired) electrons. The second kappa shape index (κ2) is 7.24. The van der Waals surface area contributed by atoms with E-state index in [2.05, 4.69) is 49.2 Å². The first-order valence-corrected chi connectivity index (χ1v) is 10.8. The van der Waals surface area contributed by atoms with Crippen LogP contribution in [0.25, 0.3) is 55.3 Å². The van der Waals surface area contributed by atoms with Crippen LogP contribution in [0.4, 0.5) is 0 Å². The van der Waals surface area contributed by atoms with Gasteiger partial charge in [-0.25, -0.2) is 4.98 Å². The maximum Gasteiger partial charge on any atom is 0.159 e. The molecule has 0 amide bonds. The van der Waals surface area contributed by atoms with Gasteiger partial charge in [0.15, 0.2) is 5.82 Å². The number of nitrogens with one attached hydrogen (secondary N) is 2. The minimum atomic E-state index is 0.676. The number of hydrogen-bond donors (Lipinski definition) is 2. The standard InChI is InChI=1S/C23H17N7OS/c1-12-3-4-19(32-12)22-21-16(5-6-25-22)27-23(28-21)20-15-8-17(26-11-18(15)29-30-20)13-7-14(31-2)10-24-9-13/h3-11H,1-2H3,(H,27,28)(H,29,30). The minimum Gasteiger partial charge on any atom is -0.495 e. The second-order valence-electron chi connectivity index (χ2n) is 7.35. The monoisotopic (exact) mass is 439 g/mol. The zero-order chi connectivity index (χ0) is 21.7. The first-order valence-electron chi connectivity index (χ1n) is 9.95. The number of H-pyrrole nitrogens is 2. The summed E-state index contributed by atoms with van der Waals surface area (Å²) >= 11 is 1.70. The van der Waals surface area contributed by atoms with Gasteiger partial charge in [0, 0.05) is 28.2 Å². The molecule has 9 heteroatoms. The number of imidazole rings is 1. The number of nitrogens with zero attached hydrogens (tertiary/aromatic N) is 5. The number of ether oxygens (including phenoxy) is 1. The van der Waals surface area contributed by atoms with Crippen molar-refractivity contribution in [1.29, 1.82) is 0 Å².